The lowest BCUT2D eigenvalue weighted by Gasteiger charge is -2.23. The summed E-state index contributed by atoms with van der Waals surface area (Å²) in [4.78, 5) is 37.0. The Bertz CT molecular complexity index is 869. The molecule has 2 aromatic rings. The second kappa shape index (κ2) is 11.6. The van der Waals surface area contributed by atoms with E-state index in [4.69, 9.17) is 4.74 Å². The molecule has 0 fully saturated rings. The first-order chi connectivity index (χ1) is 14.8. The highest BCUT2D eigenvalue weighted by Gasteiger charge is 2.30. The number of carbonyl (C=O) groups is 3. The number of hydrogen-bond donors (Lipinski definition) is 4. The van der Waals surface area contributed by atoms with Gasteiger partial charge in [0, 0.05) is 6.42 Å². The average molecular weight is 430 g/mol. The molecule has 0 aliphatic heterocycles. The fourth-order valence-electron chi connectivity index (χ4n) is 2.74. The van der Waals surface area contributed by atoms with E-state index >= 15 is 0 Å². The molecule has 2 aromatic carbocycles. The van der Waals surface area contributed by atoms with Crippen molar-refractivity contribution in [3.8, 4) is 5.75 Å². The first-order valence-electron chi connectivity index (χ1n) is 9.61. The molecular weight excluding hydrogens is 404 g/mol. The van der Waals surface area contributed by atoms with Crippen LogP contribution in [0.5, 0.6) is 5.75 Å². The number of ether oxygens (including phenoxy) is 2. The Morgan fingerprint density at radius 1 is 0.968 bits per heavy atom. The normalized spacial score (nSPS) is 13.4. The molecule has 3 atom stereocenters. The Kier molecular flexibility index (Phi) is 8.83. The maximum atomic E-state index is 12.8. The van der Waals surface area contributed by atoms with E-state index in [1.165, 1.54) is 19.1 Å². The number of rotatable bonds is 9. The van der Waals surface area contributed by atoms with E-state index in [2.05, 4.69) is 15.4 Å². The molecule has 9 heteroatoms. The number of aliphatic hydroxyl groups excluding tert-OH is 1. The lowest BCUT2D eigenvalue weighted by Crippen LogP contribution is -2.55. The fraction of sp³-hybridized carbons (Fsp3) is 0.318. The predicted octanol–water partition coefficient (Wildman–Crippen LogP) is 1.27. The zero-order valence-corrected chi connectivity index (χ0v) is 17.3. The van der Waals surface area contributed by atoms with Crippen LogP contribution in [0.3, 0.4) is 0 Å². The van der Waals surface area contributed by atoms with Crippen molar-refractivity contribution < 1.29 is 34.1 Å². The zero-order valence-electron chi connectivity index (χ0n) is 17.3. The van der Waals surface area contributed by atoms with Gasteiger partial charge in [-0.1, -0.05) is 42.5 Å². The molecular formula is C22H26N2O7. The quantitative estimate of drug-likeness (QED) is 0.440. The summed E-state index contributed by atoms with van der Waals surface area (Å²) in [6.45, 7) is 1.34. The minimum Gasteiger partial charge on any atom is -0.508 e. The maximum Gasteiger partial charge on any atom is 0.408 e. The lowest BCUT2D eigenvalue weighted by atomic mass is 10.0. The minimum absolute atomic E-state index is 0.0126. The number of methoxy groups -OCH3 is 1. The van der Waals surface area contributed by atoms with Crippen LogP contribution in [-0.4, -0.2) is 53.5 Å². The van der Waals surface area contributed by atoms with Crippen LogP contribution in [0.15, 0.2) is 54.6 Å². The van der Waals surface area contributed by atoms with E-state index in [0.29, 0.717) is 5.56 Å². The summed E-state index contributed by atoms with van der Waals surface area (Å²) in [5.41, 5.74) is 1.42. The summed E-state index contributed by atoms with van der Waals surface area (Å²) in [5.74, 6) is -1.47. The van der Waals surface area contributed by atoms with Crippen LogP contribution in [0.1, 0.15) is 18.1 Å². The van der Waals surface area contributed by atoms with Gasteiger partial charge in [0.15, 0.2) is 6.04 Å². The topological polar surface area (TPSA) is 134 Å². The molecule has 0 aliphatic carbocycles. The molecule has 0 aromatic heterocycles. The molecule has 166 valence electrons. The molecule has 0 radical (unpaired) electrons. The molecule has 2 amide bonds. The molecule has 2 rings (SSSR count). The number of esters is 1. The number of carbonyl (C=O) groups excluding carboxylic acids is 3. The molecule has 0 spiro atoms. The van der Waals surface area contributed by atoms with Crippen LogP contribution in [-0.2, 0) is 32.1 Å². The SMILES string of the molecule is COC(=O)[C@@H](NC(=O)[C@@H](Cc1ccc(O)cc1)NC(=O)OCc1ccccc1)[C@H](C)O. The Morgan fingerprint density at radius 2 is 1.61 bits per heavy atom. The summed E-state index contributed by atoms with van der Waals surface area (Å²) in [6.07, 6.45) is -1.98. The monoisotopic (exact) mass is 430 g/mol. The van der Waals surface area contributed by atoms with Gasteiger partial charge in [-0.25, -0.2) is 9.59 Å². The molecule has 0 saturated heterocycles. The van der Waals surface area contributed by atoms with Gasteiger partial charge in [-0.05, 0) is 30.2 Å². The van der Waals surface area contributed by atoms with Gasteiger partial charge in [-0.3, -0.25) is 4.79 Å². The number of nitrogens with one attached hydrogen (secondary N) is 2. The second-order valence-corrected chi connectivity index (χ2v) is 6.88. The van der Waals surface area contributed by atoms with Gasteiger partial charge in [0.05, 0.1) is 13.2 Å². The van der Waals surface area contributed by atoms with Crippen LogP contribution < -0.4 is 10.6 Å². The van der Waals surface area contributed by atoms with Crippen LogP contribution >= 0.6 is 0 Å². The Balaban J connectivity index is 2.10. The van der Waals surface area contributed by atoms with E-state index in [0.717, 1.165) is 12.7 Å². The first-order valence-corrected chi connectivity index (χ1v) is 9.61. The molecule has 0 aliphatic rings. The van der Waals surface area contributed by atoms with E-state index in [1.54, 1.807) is 36.4 Å². The average Bonchev–Trinajstić information content (AvgIpc) is 2.76. The lowest BCUT2D eigenvalue weighted by molar-refractivity contribution is -0.148. The highest BCUT2D eigenvalue weighted by Crippen LogP contribution is 2.12. The number of alkyl carbamates (subject to hydrolysis) is 1. The summed E-state index contributed by atoms with van der Waals surface area (Å²) in [7, 11) is 1.14. The molecule has 0 unspecified atom stereocenters. The third-order valence-corrected chi connectivity index (χ3v) is 4.43. The van der Waals surface area contributed by atoms with Crippen LogP contribution in [0, 0.1) is 0 Å². The number of aromatic hydroxyl groups is 1. The van der Waals surface area contributed by atoms with Crippen molar-refractivity contribution in [1.82, 2.24) is 10.6 Å². The molecule has 0 saturated carbocycles. The maximum absolute atomic E-state index is 12.8. The van der Waals surface area contributed by atoms with Gasteiger partial charge in [0.2, 0.25) is 5.91 Å². The van der Waals surface area contributed by atoms with E-state index < -0.39 is 36.2 Å². The number of amides is 2. The number of phenols is 1. The van der Waals surface area contributed by atoms with Gasteiger partial charge in [0.1, 0.15) is 18.4 Å². The summed E-state index contributed by atoms with van der Waals surface area (Å²) in [5, 5.41) is 24.1. The van der Waals surface area contributed by atoms with Crippen molar-refractivity contribution in [1.29, 1.82) is 0 Å². The van der Waals surface area contributed by atoms with Gasteiger partial charge in [-0.2, -0.15) is 0 Å². The Labute approximate surface area is 180 Å². The Hall–Kier alpha value is -3.59. The standard InChI is InChI=1S/C22H26N2O7/c1-14(25)19(21(28)30-2)24-20(27)18(12-15-8-10-17(26)11-9-15)23-22(29)31-13-16-6-4-3-5-7-16/h3-11,14,18-19,25-26H,12-13H2,1-2H3,(H,23,29)(H,24,27)/t14-,18+,19-/m0/s1. The van der Waals surface area contributed by atoms with E-state index in [1.807, 2.05) is 6.07 Å². The Morgan fingerprint density at radius 3 is 2.19 bits per heavy atom. The number of phenolic OH excluding ortho intramolecular Hbond substituents is 1. The predicted molar refractivity (Wildman–Crippen MR) is 111 cm³/mol. The van der Waals surface area contributed by atoms with E-state index in [9.17, 15) is 24.6 Å². The van der Waals surface area contributed by atoms with Crippen LogP contribution in [0.4, 0.5) is 4.79 Å². The van der Waals surface area contributed by atoms with Gasteiger partial charge in [-0.15, -0.1) is 0 Å². The minimum atomic E-state index is -1.30. The smallest absolute Gasteiger partial charge is 0.408 e. The van der Waals surface area contributed by atoms with Crippen molar-refractivity contribution >= 4 is 18.0 Å². The number of aliphatic hydroxyl groups is 1. The molecule has 0 bridgehead atoms. The van der Waals surface area contributed by atoms with E-state index in [-0.39, 0.29) is 18.8 Å². The largest absolute Gasteiger partial charge is 0.508 e. The van der Waals surface area contributed by atoms with Crippen molar-refractivity contribution in [3.05, 3.63) is 65.7 Å². The molecule has 9 nitrogen and oxygen atoms in total. The van der Waals surface area contributed by atoms with Crippen molar-refractivity contribution in [2.45, 2.75) is 38.1 Å². The second-order valence-electron chi connectivity index (χ2n) is 6.88. The number of benzene rings is 2. The van der Waals surface area contributed by atoms with Crippen LogP contribution in [0.2, 0.25) is 0 Å². The molecule has 31 heavy (non-hydrogen) atoms. The molecule has 4 N–H and O–H groups in total. The zero-order chi connectivity index (χ0) is 22.8. The fourth-order valence-corrected chi connectivity index (χ4v) is 2.74. The third kappa shape index (κ3) is 7.63. The summed E-state index contributed by atoms with van der Waals surface area (Å²) in [6, 6.07) is 12.7. The highest BCUT2D eigenvalue weighted by atomic mass is 16.5. The first kappa shape index (κ1) is 23.7. The van der Waals surface area contributed by atoms with Gasteiger partial charge >= 0.3 is 12.1 Å². The van der Waals surface area contributed by atoms with Crippen molar-refractivity contribution in [2.75, 3.05) is 7.11 Å². The summed E-state index contributed by atoms with van der Waals surface area (Å²) >= 11 is 0. The summed E-state index contributed by atoms with van der Waals surface area (Å²) < 4.78 is 9.78. The van der Waals surface area contributed by atoms with Gasteiger partial charge in [0.25, 0.3) is 0 Å². The van der Waals surface area contributed by atoms with Crippen molar-refractivity contribution in [2.24, 2.45) is 0 Å². The van der Waals surface area contributed by atoms with Crippen molar-refractivity contribution in [3.63, 3.8) is 0 Å². The van der Waals surface area contributed by atoms with Crippen LogP contribution in [0.25, 0.3) is 0 Å². The highest BCUT2D eigenvalue weighted by molar-refractivity contribution is 5.90. The third-order valence-electron chi connectivity index (χ3n) is 4.43. The van der Waals surface area contributed by atoms with Gasteiger partial charge < -0.3 is 30.3 Å². The number of hydrogen-bond acceptors (Lipinski definition) is 7. The molecule has 0 heterocycles.